The summed E-state index contributed by atoms with van der Waals surface area (Å²) in [7, 11) is 0. The Labute approximate surface area is 187 Å². The second kappa shape index (κ2) is 11.0. The zero-order chi connectivity index (χ0) is 22.1. The molecule has 0 aliphatic heterocycles. The first-order valence-electron chi connectivity index (χ1n) is 11.3. The lowest BCUT2D eigenvalue weighted by Crippen LogP contribution is -2.37. The van der Waals surface area contributed by atoms with Crippen LogP contribution in [0.3, 0.4) is 0 Å². The van der Waals surface area contributed by atoms with Crippen LogP contribution in [0.2, 0.25) is 0 Å². The highest BCUT2D eigenvalue weighted by atomic mass is 16.1. The van der Waals surface area contributed by atoms with Crippen LogP contribution < -0.4 is 10.6 Å². The fourth-order valence-corrected chi connectivity index (χ4v) is 3.87. The molecule has 162 valence electrons. The van der Waals surface area contributed by atoms with Crippen LogP contribution >= 0.6 is 0 Å². The maximum Gasteiger partial charge on any atom is 0.223 e. The van der Waals surface area contributed by atoms with Gasteiger partial charge in [-0.15, -0.1) is 0 Å². The quantitative estimate of drug-likeness (QED) is 0.461. The number of nitrogens with one attached hydrogen (secondary N) is 2. The Morgan fingerprint density at radius 3 is 2.81 bits per heavy atom. The molecule has 3 heteroatoms. The van der Waals surface area contributed by atoms with E-state index in [0.29, 0.717) is 6.54 Å². The summed E-state index contributed by atoms with van der Waals surface area (Å²) in [6.07, 6.45) is 11.0. The Kier molecular flexibility index (Phi) is 8.09. The van der Waals surface area contributed by atoms with Crippen LogP contribution in [0.4, 0.5) is 0 Å². The molecule has 2 aromatic rings. The van der Waals surface area contributed by atoms with E-state index in [2.05, 4.69) is 104 Å². The number of carbonyl (C=O) groups excluding carboxylic acids is 1. The highest BCUT2D eigenvalue weighted by molar-refractivity contribution is 5.86. The zero-order valence-electron chi connectivity index (χ0n) is 18.9. The SMILES string of the molecule is CC(NCC=CC#CC(C)(C)CNC(=O)[C@H]1CC=CCC1)c1cccc2ccccc12. The molecule has 0 heterocycles. The molecule has 2 N–H and O–H groups in total. The maximum atomic E-state index is 12.3. The van der Waals surface area contributed by atoms with Crippen molar-refractivity contribution >= 4 is 16.7 Å². The summed E-state index contributed by atoms with van der Waals surface area (Å²) in [6, 6.07) is 15.2. The smallest absolute Gasteiger partial charge is 0.223 e. The molecular formula is C28H34N2O. The molecule has 0 saturated carbocycles. The Hall–Kier alpha value is -2.83. The number of benzene rings is 2. The molecule has 0 saturated heterocycles. The largest absolute Gasteiger partial charge is 0.354 e. The predicted octanol–water partition coefficient (Wildman–Crippen LogP) is 5.55. The van der Waals surface area contributed by atoms with Crippen molar-refractivity contribution in [1.29, 1.82) is 0 Å². The molecule has 0 bridgehead atoms. The monoisotopic (exact) mass is 414 g/mol. The minimum atomic E-state index is -0.256. The van der Waals surface area contributed by atoms with E-state index < -0.39 is 0 Å². The highest BCUT2D eigenvalue weighted by Crippen LogP contribution is 2.24. The second-order valence-corrected chi connectivity index (χ2v) is 8.95. The second-order valence-electron chi connectivity index (χ2n) is 8.95. The van der Waals surface area contributed by atoms with Gasteiger partial charge in [-0.3, -0.25) is 4.79 Å². The average Bonchev–Trinajstić information content (AvgIpc) is 2.79. The molecule has 2 aromatic carbocycles. The maximum absolute atomic E-state index is 12.3. The van der Waals surface area contributed by atoms with E-state index in [-0.39, 0.29) is 23.3 Å². The van der Waals surface area contributed by atoms with Crippen molar-refractivity contribution in [1.82, 2.24) is 10.6 Å². The van der Waals surface area contributed by atoms with Crippen molar-refractivity contribution in [2.45, 2.75) is 46.1 Å². The number of amides is 1. The Balaban J connectivity index is 1.45. The van der Waals surface area contributed by atoms with Crippen molar-refractivity contribution in [2.24, 2.45) is 11.3 Å². The van der Waals surface area contributed by atoms with Gasteiger partial charge in [-0.2, -0.15) is 0 Å². The summed E-state index contributed by atoms with van der Waals surface area (Å²) in [4.78, 5) is 12.3. The summed E-state index contributed by atoms with van der Waals surface area (Å²) >= 11 is 0. The molecule has 1 amide bonds. The van der Waals surface area contributed by atoms with E-state index in [4.69, 9.17) is 0 Å². The summed E-state index contributed by atoms with van der Waals surface area (Å²) in [6.45, 7) is 7.65. The van der Waals surface area contributed by atoms with Gasteiger partial charge in [-0.05, 0) is 62.4 Å². The van der Waals surface area contributed by atoms with Crippen LogP contribution in [0.1, 0.15) is 51.6 Å². The van der Waals surface area contributed by atoms with Crippen LogP contribution in [-0.4, -0.2) is 19.0 Å². The topological polar surface area (TPSA) is 41.1 Å². The summed E-state index contributed by atoms with van der Waals surface area (Å²) in [5.74, 6) is 6.68. The lowest BCUT2D eigenvalue weighted by Gasteiger charge is -2.22. The van der Waals surface area contributed by atoms with Gasteiger partial charge in [0.05, 0.1) is 0 Å². The minimum Gasteiger partial charge on any atom is -0.354 e. The van der Waals surface area contributed by atoms with E-state index in [1.165, 1.54) is 16.3 Å². The zero-order valence-corrected chi connectivity index (χ0v) is 18.9. The summed E-state index contributed by atoms with van der Waals surface area (Å²) < 4.78 is 0. The molecule has 1 aliphatic carbocycles. The third-order valence-electron chi connectivity index (χ3n) is 5.79. The molecule has 0 fully saturated rings. The van der Waals surface area contributed by atoms with Gasteiger partial charge in [0.1, 0.15) is 0 Å². The predicted molar refractivity (Wildman–Crippen MR) is 131 cm³/mol. The van der Waals surface area contributed by atoms with Gasteiger partial charge in [0.25, 0.3) is 0 Å². The Bertz CT molecular complexity index is 1000. The van der Waals surface area contributed by atoms with Gasteiger partial charge in [0, 0.05) is 30.5 Å². The minimum absolute atomic E-state index is 0.114. The van der Waals surface area contributed by atoms with Crippen LogP contribution in [0.25, 0.3) is 10.8 Å². The van der Waals surface area contributed by atoms with Gasteiger partial charge in [0.2, 0.25) is 5.91 Å². The van der Waals surface area contributed by atoms with Crippen LogP contribution in [0, 0.1) is 23.2 Å². The van der Waals surface area contributed by atoms with E-state index in [0.717, 1.165) is 25.8 Å². The Morgan fingerprint density at radius 1 is 1.19 bits per heavy atom. The van der Waals surface area contributed by atoms with E-state index in [9.17, 15) is 4.79 Å². The van der Waals surface area contributed by atoms with Gasteiger partial charge in [-0.25, -0.2) is 0 Å². The van der Waals surface area contributed by atoms with Gasteiger partial charge in [-0.1, -0.05) is 72.5 Å². The fourth-order valence-electron chi connectivity index (χ4n) is 3.87. The molecule has 0 aromatic heterocycles. The van der Waals surface area contributed by atoms with E-state index >= 15 is 0 Å². The van der Waals surface area contributed by atoms with Crippen molar-refractivity contribution in [3.05, 3.63) is 72.3 Å². The van der Waals surface area contributed by atoms with Crippen molar-refractivity contribution in [2.75, 3.05) is 13.1 Å². The number of hydrogen-bond donors (Lipinski definition) is 2. The number of rotatable bonds is 7. The van der Waals surface area contributed by atoms with E-state index in [1.807, 2.05) is 6.08 Å². The first-order chi connectivity index (χ1) is 15.0. The number of fused-ring (bicyclic) bond motifs is 1. The fraction of sp³-hybridized carbons (Fsp3) is 0.393. The van der Waals surface area contributed by atoms with Crippen LogP contribution in [0.15, 0.2) is 66.8 Å². The van der Waals surface area contributed by atoms with Crippen molar-refractivity contribution in [3.63, 3.8) is 0 Å². The average molecular weight is 415 g/mol. The summed E-state index contributed by atoms with van der Waals surface area (Å²) in [5.41, 5.74) is 1.05. The lowest BCUT2D eigenvalue weighted by molar-refractivity contribution is -0.125. The number of hydrogen-bond acceptors (Lipinski definition) is 2. The first kappa shape index (κ1) is 22.8. The number of carbonyl (C=O) groups is 1. The van der Waals surface area contributed by atoms with Crippen molar-refractivity contribution in [3.8, 4) is 11.8 Å². The molecule has 31 heavy (non-hydrogen) atoms. The molecular weight excluding hydrogens is 380 g/mol. The van der Waals surface area contributed by atoms with Gasteiger partial charge < -0.3 is 10.6 Å². The summed E-state index contributed by atoms with van der Waals surface area (Å²) in [5, 5.41) is 9.19. The standard InChI is InChI=1S/C28H34N2O/c1-22(25-18-12-16-23-13-8-9-17-26(23)25)29-20-11-5-10-19-28(2,3)21-30-27(31)24-14-6-4-7-15-24/h4-6,8-9,11-13,16-18,22,24,29H,7,14-15,20-21H2,1-3H3,(H,30,31)/t22?,24-/m0/s1. The molecule has 3 nitrogen and oxygen atoms in total. The van der Waals surface area contributed by atoms with Gasteiger partial charge in [0.15, 0.2) is 0 Å². The third-order valence-corrected chi connectivity index (χ3v) is 5.79. The van der Waals surface area contributed by atoms with E-state index in [1.54, 1.807) is 0 Å². The molecule has 0 radical (unpaired) electrons. The Morgan fingerprint density at radius 2 is 2.00 bits per heavy atom. The molecule has 1 aliphatic rings. The van der Waals surface area contributed by atoms with Crippen LogP contribution in [-0.2, 0) is 4.79 Å². The van der Waals surface area contributed by atoms with Crippen LogP contribution in [0.5, 0.6) is 0 Å². The first-order valence-corrected chi connectivity index (χ1v) is 11.3. The molecule has 2 atom stereocenters. The lowest BCUT2D eigenvalue weighted by atomic mass is 9.91. The molecule has 1 unspecified atom stereocenters. The number of allylic oxidation sites excluding steroid dienone is 3. The normalized spacial score (nSPS) is 17.3. The molecule has 0 spiro atoms. The highest BCUT2D eigenvalue weighted by Gasteiger charge is 2.21. The van der Waals surface area contributed by atoms with Crippen molar-refractivity contribution < 1.29 is 4.79 Å². The van der Waals surface area contributed by atoms with Gasteiger partial charge >= 0.3 is 0 Å². The molecule has 3 rings (SSSR count). The third kappa shape index (κ3) is 6.84.